The molecule has 0 atom stereocenters. The minimum absolute atomic E-state index is 0.0438. The van der Waals surface area contributed by atoms with E-state index in [1.54, 1.807) is 6.92 Å². The molecule has 0 saturated carbocycles. The first-order chi connectivity index (χ1) is 15.4. The summed E-state index contributed by atoms with van der Waals surface area (Å²) in [5.41, 5.74) is 5.96. The molecule has 0 amide bonds. The van der Waals surface area contributed by atoms with E-state index in [1.165, 1.54) is 16.8 Å². The monoisotopic (exact) mass is 457 g/mol. The van der Waals surface area contributed by atoms with Gasteiger partial charge in [0.05, 0.1) is 16.1 Å². The van der Waals surface area contributed by atoms with Crippen molar-refractivity contribution in [1.29, 1.82) is 5.26 Å². The normalized spacial score (nSPS) is 13.9. The molecule has 0 aliphatic carbocycles. The molecule has 10 nitrogen and oxygen atoms in total. The molecule has 166 valence electrons. The predicted octanol–water partition coefficient (Wildman–Crippen LogP) is 0.937. The Morgan fingerprint density at radius 3 is 2.78 bits per heavy atom. The van der Waals surface area contributed by atoms with Gasteiger partial charge in [-0.3, -0.25) is 4.79 Å². The third-order valence-electron chi connectivity index (χ3n) is 5.21. The Morgan fingerprint density at radius 2 is 2.06 bits per heavy atom. The Hall–Kier alpha value is -3.49. The Bertz CT molecular complexity index is 1280. The molecular weight excluding hydrogens is 437 g/mol. The second-order valence-corrected chi connectivity index (χ2v) is 7.69. The van der Waals surface area contributed by atoms with E-state index in [-0.39, 0.29) is 40.4 Å². The fraction of sp³-hybridized carbons (Fsp3) is 0.350. The third-order valence-corrected chi connectivity index (χ3v) is 5.52. The van der Waals surface area contributed by atoms with Gasteiger partial charge in [-0.1, -0.05) is 11.6 Å². The zero-order chi connectivity index (χ0) is 22.8. The van der Waals surface area contributed by atoms with Crippen molar-refractivity contribution in [2.24, 2.45) is 0 Å². The Labute approximate surface area is 187 Å². The van der Waals surface area contributed by atoms with Crippen molar-refractivity contribution in [3.63, 3.8) is 0 Å². The van der Waals surface area contributed by atoms with Crippen molar-refractivity contribution < 1.29 is 4.39 Å². The van der Waals surface area contributed by atoms with Crippen molar-refractivity contribution in [2.75, 3.05) is 48.8 Å². The number of fused-ring (bicyclic) bond motifs is 1. The van der Waals surface area contributed by atoms with Gasteiger partial charge in [-0.05, 0) is 19.1 Å². The highest BCUT2D eigenvalue weighted by atomic mass is 35.5. The Morgan fingerprint density at radius 1 is 1.31 bits per heavy atom. The number of nitrogen functional groups attached to an aromatic ring is 1. The number of piperazine rings is 1. The lowest BCUT2D eigenvalue weighted by Gasteiger charge is -2.32. The van der Waals surface area contributed by atoms with Gasteiger partial charge in [0.1, 0.15) is 34.6 Å². The highest BCUT2D eigenvalue weighted by Crippen LogP contribution is 2.22. The minimum atomic E-state index is -0.617. The number of halogens is 2. The number of nitrogens with one attached hydrogen (secondary N) is 2. The Balaban J connectivity index is 1.73. The van der Waals surface area contributed by atoms with Crippen LogP contribution in [0.2, 0.25) is 5.02 Å². The number of anilines is 2. The molecule has 0 spiro atoms. The maximum Gasteiger partial charge on any atom is 0.281 e. The molecule has 2 aromatic heterocycles. The molecule has 3 aromatic rings. The molecule has 0 radical (unpaired) electrons. The number of nitrogens with two attached hydrogens (primary N) is 1. The Kier molecular flexibility index (Phi) is 6.07. The van der Waals surface area contributed by atoms with Gasteiger partial charge < -0.3 is 21.4 Å². The van der Waals surface area contributed by atoms with Crippen LogP contribution in [0, 0.1) is 24.1 Å². The number of nitrogens with zero attached hydrogens (tertiary/aromatic N) is 6. The van der Waals surface area contributed by atoms with Crippen LogP contribution < -0.4 is 26.9 Å². The summed E-state index contributed by atoms with van der Waals surface area (Å²) >= 11 is 6.23. The van der Waals surface area contributed by atoms with Gasteiger partial charge in [0.2, 0.25) is 5.95 Å². The third kappa shape index (κ3) is 4.02. The molecule has 0 bridgehead atoms. The zero-order valence-electron chi connectivity index (χ0n) is 17.3. The largest absolute Gasteiger partial charge is 0.368 e. The summed E-state index contributed by atoms with van der Waals surface area (Å²) in [6, 6.07) is 4.61. The van der Waals surface area contributed by atoms with E-state index >= 15 is 0 Å². The molecule has 4 N–H and O–H groups in total. The van der Waals surface area contributed by atoms with Crippen LogP contribution in [0.25, 0.3) is 10.9 Å². The summed E-state index contributed by atoms with van der Waals surface area (Å²) in [5, 5.41) is 17.8. The van der Waals surface area contributed by atoms with E-state index in [9.17, 15) is 14.4 Å². The number of aryl methyl sites for hydroxylation is 1. The van der Waals surface area contributed by atoms with Crippen molar-refractivity contribution in [3.8, 4) is 6.07 Å². The summed E-state index contributed by atoms with van der Waals surface area (Å²) < 4.78 is 16.0. The first-order valence-corrected chi connectivity index (χ1v) is 10.4. The van der Waals surface area contributed by atoms with Crippen molar-refractivity contribution in [1.82, 2.24) is 24.9 Å². The number of aromatic nitrogens is 4. The number of nitriles is 1. The average molecular weight is 458 g/mol. The topological polar surface area (TPSA) is 138 Å². The first kappa shape index (κ1) is 21.7. The predicted molar refractivity (Wildman–Crippen MR) is 120 cm³/mol. The van der Waals surface area contributed by atoms with Crippen LogP contribution in [0.15, 0.2) is 16.9 Å². The maximum absolute atomic E-state index is 14.5. The number of benzene rings is 1. The SMILES string of the molecule is Cc1nc(N)nc(NCCc2nc3c(F)ccc(Cl)c3c(=O)n2N2CCNCC2)c1C#N. The second-order valence-electron chi connectivity index (χ2n) is 7.28. The zero-order valence-corrected chi connectivity index (χ0v) is 18.1. The lowest BCUT2D eigenvalue weighted by atomic mass is 10.2. The molecule has 3 heterocycles. The van der Waals surface area contributed by atoms with E-state index in [1.807, 2.05) is 5.01 Å². The standard InChI is InChI=1S/C20H21ClFN9O/c1-11-12(10-23)18(29-20(24)27-11)26-5-4-15-28-17-14(22)3-2-13(21)16(17)19(32)31(15)30-8-6-25-7-9-30/h2-3,25H,4-9H2,1H3,(H3,24,26,27,29). The molecule has 4 rings (SSSR count). The van der Waals surface area contributed by atoms with Gasteiger partial charge in [-0.2, -0.15) is 10.2 Å². The van der Waals surface area contributed by atoms with Gasteiger partial charge in [-0.25, -0.2) is 19.0 Å². The van der Waals surface area contributed by atoms with Crippen LogP contribution in [-0.4, -0.2) is 52.4 Å². The number of hydrogen-bond acceptors (Lipinski definition) is 9. The van der Waals surface area contributed by atoms with Crippen LogP contribution in [0.1, 0.15) is 17.1 Å². The van der Waals surface area contributed by atoms with Crippen LogP contribution >= 0.6 is 11.6 Å². The van der Waals surface area contributed by atoms with Crippen LogP contribution in [-0.2, 0) is 6.42 Å². The fourth-order valence-electron chi connectivity index (χ4n) is 3.71. The van der Waals surface area contributed by atoms with Crippen molar-refractivity contribution >= 4 is 34.3 Å². The fourth-order valence-corrected chi connectivity index (χ4v) is 3.94. The van der Waals surface area contributed by atoms with Gasteiger partial charge in [0.25, 0.3) is 5.56 Å². The van der Waals surface area contributed by atoms with Crippen molar-refractivity contribution in [2.45, 2.75) is 13.3 Å². The molecule has 1 aromatic carbocycles. The lowest BCUT2D eigenvalue weighted by Crippen LogP contribution is -2.54. The second kappa shape index (κ2) is 8.94. The summed E-state index contributed by atoms with van der Waals surface area (Å²) in [6.45, 7) is 4.51. The number of rotatable bonds is 5. The van der Waals surface area contributed by atoms with Gasteiger partial charge in [0, 0.05) is 39.1 Å². The molecule has 1 aliphatic rings. The molecule has 1 saturated heterocycles. The van der Waals surface area contributed by atoms with E-state index in [0.717, 1.165) is 0 Å². The maximum atomic E-state index is 14.5. The lowest BCUT2D eigenvalue weighted by molar-refractivity contribution is 0.467. The average Bonchev–Trinajstić information content (AvgIpc) is 2.76. The molecule has 1 aliphatic heterocycles. The summed E-state index contributed by atoms with van der Waals surface area (Å²) in [6.07, 6.45) is 0.259. The molecular formula is C20H21ClFN9O. The van der Waals surface area contributed by atoms with Gasteiger partial charge in [0.15, 0.2) is 0 Å². The van der Waals surface area contributed by atoms with E-state index in [0.29, 0.717) is 43.5 Å². The van der Waals surface area contributed by atoms with E-state index in [4.69, 9.17) is 17.3 Å². The number of hydrogen-bond donors (Lipinski definition) is 3. The quantitative estimate of drug-likeness (QED) is 0.510. The molecule has 12 heteroatoms. The first-order valence-electron chi connectivity index (χ1n) is 10.0. The highest BCUT2D eigenvalue weighted by molar-refractivity contribution is 6.35. The summed E-state index contributed by atoms with van der Waals surface area (Å²) in [7, 11) is 0. The highest BCUT2D eigenvalue weighted by Gasteiger charge is 2.21. The smallest absolute Gasteiger partial charge is 0.281 e. The van der Waals surface area contributed by atoms with E-state index < -0.39 is 11.4 Å². The van der Waals surface area contributed by atoms with Crippen LogP contribution in [0.5, 0.6) is 0 Å². The van der Waals surface area contributed by atoms with Gasteiger partial charge in [-0.15, -0.1) is 0 Å². The van der Waals surface area contributed by atoms with E-state index in [2.05, 4.69) is 31.7 Å². The van der Waals surface area contributed by atoms with Crippen molar-refractivity contribution in [3.05, 3.63) is 50.4 Å². The summed E-state index contributed by atoms with van der Waals surface area (Å²) in [4.78, 5) is 25.9. The molecule has 32 heavy (non-hydrogen) atoms. The molecule has 1 fully saturated rings. The molecule has 0 unspecified atom stereocenters. The summed E-state index contributed by atoms with van der Waals surface area (Å²) in [5.74, 6) is 0.0929. The van der Waals surface area contributed by atoms with Crippen LogP contribution in [0.3, 0.4) is 0 Å². The van der Waals surface area contributed by atoms with Crippen LogP contribution in [0.4, 0.5) is 16.2 Å². The minimum Gasteiger partial charge on any atom is -0.368 e. The van der Waals surface area contributed by atoms with Gasteiger partial charge >= 0.3 is 0 Å².